The van der Waals surface area contributed by atoms with Gasteiger partial charge in [0.15, 0.2) is 0 Å². The minimum atomic E-state index is 0.295. The molecule has 2 heteroatoms. The van der Waals surface area contributed by atoms with Crippen molar-refractivity contribution in [3.8, 4) is 5.75 Å². The van der Waals surface area contributed by atoms with E-state index in [1.54, 1.807) is 24.5 Å². The van der Waals surface area contributed by atoms with Gasteiger partial charge in [0.1, 0.15) is 11.3 Å². The average Bonchev–Trinajstić information content (AvgIpc) is 2.47. The first-order valence-corrected chi connectivity index (χ1v) is 4.86. The first-order valence-electron chi connectivity index (χ1n) is 4.86. The standard InChI is InChI=1S/C12H14O2/c1-8(2)5-9-7-14-12-4-3-10(13)6-11(9)12/h3-4,6-8,13H,5H2,1-2H3. The molecule has 0 aliphatic rings. The Morgan fingerprint density at radius 1 is 1.36 bits per heavy atom. The summed E-state index contributed by atoms with van der Waals surface area (Å²) in [6.07, 6.45) is 2.76. The van der Waals surface area contributed by atoms with Crippen molar-refractivity contribution in [1.82, 2.24) is 0 Å². The highest BCUT2D eigenvalue weighted by atomic mass is 16.3. The third-order valence-corrected chi connectivity index (χ3v) is 2.27. The molecule has 1 heterocycles. The highest BCUT2D eigenvalue weighted by Gasteiger charge is 2.07. The van der Waals surface area contributed by atoms with Gasteiger partial charge in [0.05, 0.1) is 6.26 Å². The van der Waals surface area contributed by atoms with E-state index in [1.807, 2.05) is 0 Å². The van der Waals surface area contributed by atoms with Crippen LogP contribution in [0.5, 0.6) is 5.75 Å². The predicted octanol–water partition coefficient (Wildman–Crippen LogP) is 3.34. The molecule has 0 aliphatic carbocycles. The fourth-order valence-electron chi connectivity index (χ4n) is 1.67. The van der Waals surface area contributed by atoms with Crippen LogP contribution < -0.4 is 0 Å². The largest absolute Gasteiger partial charge is 0.508 e. The number of hydrogen-bond donors (Lipinski definition) is 1. The first-order chi connectivity index (χ1) is 6.66. The lowest BCUT2D eigenvalue weighted by molar-refractivity contribution is 0.476. The molecule has 0 spiro atoms. The second kappa shape index (κ2) is 3.37. The highest BCUT2D eigenvalue weighted by Crippen LogP contribution is 2.26. The van der Waals surface area contributed by atoms with Gasteiger partial charge in [-0.05, 0) is 36.1 Å². The molecule has 2 nitrogen and oxygen atoms in total. The molecule has 2 aromatic rings. The Morgan fingerprint density at radius 3 is 2.86 bits per heavy atom. The van der Waals surface area contributed by atoms with Crippen LogP contribution in [0.15, 0.2) is 28.9 Å². The summed E-state index contributed by atoms with van der Waals surface area (Å²) in [5, 5.41) is 10.4. The van der Waals surface area contributed by atoms with Gasteiger partial charge < -0.3 is 9.52 Å². The average molecular weight is 190 g/mol. The van der Waals surface area contributed by atoms with E-state index in [0.717, 1.165) is 17.4 Å². The second-order valence-electron chi connectivity index (χ2n) is 4.04. The Balaban J connectivity index is 2.50. The van der Waals surface area contributed by atoms with E-state index in [4.69, 9.17) is 4.42 Å². The summed E-state index contributed by atoms with van der Waals surface area (Å²) in [7, 11) is 0. The van der Waals surface area contributed by atoms with Gasteiger partial charge in [-0.1, -0.05) is 13.8 Å². The normalized spacial score (nSPS) is 11.4. The summed E-state index contributed by atoms with van der Waals surface area (Å²) in [6.45, 7) is 4.34. The topological polar surface area (TPSA) is 33.4 Å². The van der Waals surface area contributed by atoms with E-state index in [0.29, 0.717) is 11.7 Å². The Labute approximate surface area is 83.2 Å². The molecular weight excluding hydrogens is 176 g/mol. The summed E-state index contributed by atoms with van der Waals surface area (Å²) in [5.74, 6) is 0.891. The van der Waals surface area contributed by atoms with Crippen molar-refractivity contribution in [3.05, 3.63) is 30.0 Å². The third-order valence-electron chi connectivity index (χ3n) is 2.27. The van der Waals surface area contributed by atoms with Crippen molar-refractivity contribution in [3.63, 3.8) is 0 Å². The lowest BCUT2D eigenvalue weighted by Gasteiger charge is -2.01. The molecule has 0 atom stereocenters. The van der Waals surface area contributed by atoms with Crippen LogP contribution in [-0.4, -0.2) is 5.11 Å². The molecular formula is C12H14O2. The number of furan rings is 1. The summed E-state index contributed by atoms with van der Waals surface area (Å²) in [6, 6.07) is 5.20. The molecule has 1 N–H and O–H groups in total. The summed E-state index contributed by atoms with van der Waals surface area (Å²) in [5.41, 5.74) is 2.02. The minimum Gasteiger partial charge on any atom is -0.508 e. The SMILES string of the molecule is CC(C)Cc1coc2ccc(O)cc12. The molecule has 0 unspecified atom stereocenters. The number of phenols is 1. The molecule has 2 rings (SSSR count). The smallest absolute Gasteiger partial charge is 0.134 e. The van der Waals surface area contributed by atoms with Crippen molar-refractivity contribution in [2.24, 2.45) is 5.92 Å². The van der Waals surface area contributed by atoms with Crippen LogP contribution in [-0.2, 0) is 6.42 Å². The molecule has 0 bridgehead atoms. The number of phenolic OH excluding ortho intramolecular Hbond substituents is 1. The lowest BCUT2D eigenvalue weighted by atomic mass is 10.0. The van der Waals surface area contributed by atoms with Crippen molar-refractivity contribution in [2.75, 3.05) is 0 Å². The van der Waals surface area contributed by atoms with Crippen LogP contribution in [0.3, 0.4) is 0 Å². The summed E-state index contributed by atoms with van der Waals surface area (Å²) in [4.78, 5) is 0. The monoisotopic (exact) mass is 190 g/mol. The van der Waals surface area contributed by atoms with Crippen molar-refractivity contribution < 1.29 is 9.52 Å². The van der Waals surface area contributed by atoms with Crippen molar-refractivity contribution in [2.45, 2.75) is 20.3 Å². The predicted molar refractivity (Wildman–Crippen MR) is 56.4 cm³/mol. The van der Waals surface area contributed by atoms with E-state index in [2.05, 4.69) is 13.8 Å². The lowest BCUT2D eigenvalue weighted by Crippen LogP contribution is -1.91. The number of fused-ring (bicyclic) bond motifs is 1. The van der Waals surface area contributed by atoms with E-state index in [9.17, 15) is 5.11 Å². The summed E-state index contributed by atoms with van der Waals surface area (Å²) >= 11 is 0. The second-order valence-corrected chi connectivity index (χ2v) is 4.04. The van der Waals surface area contributed by atoms with Crippen molar-refractivity contribution >= 4 is 11.0 Å². The number of hydrogen-bond acceptors (Lipinski definition) is 2. The molecule has 0 aliphatic heterocycles. The quantitative estimate of drug-likeness (QED) is 0.787. The third kappa shape index (κ3) is 1.60. The van der Waals surface area contributed by atoms with Gasteiger partial charge in [-0.15, -0.1) is 0 Å². The number of benzene rings is 1. The Bertz CT molecular complexity index is 441. The fourth-order valence-corrected chi connectivity index (χ4v) is 1.67. The Hall–Kier alpha value is -1.44. The van der Waals surface area contributed by atoms with E-state index in [-0.39, 0.29) is 0 Å². The molecule has 14 heavy (non-hydrogen) atoms. The van der Waals surface area contributed by atoms with Crippen LogP contribution in [0, 0.1) is 5.92 Å². The molecule has 0 radical (unpaired) electrons. The van der Waals surface area contributed by atoms with Crippen LogP contribution in [0.2, 0.25) is 0 Å². The maximum Gasteiger partial charge on any atom is 0.134 e. The van der Waals surface area contributed by atoms with Gasteiger partial charge in [-0.25, -0.2) is 0 Å². The van der Waals surface area contributed by atoms with Gasteiger partial charge >= 0.3 is 0 Å². The molecule has 0 amide bonds. The van der Waals surface area contributed by atoms with Gasteiger partial charge in [-0.3, -0.25) is 0 Å². The van der Waals surface area contributed by atoms with Gasteiger partial charge in [-0.2, -0.15) is 0 Å². The Morgan fingerprint density at radius 2 is 2.14 bits per heavy atom. The molecule has 0 fully saturated rings. The maximum absolute atomic E-state index is 9.37. The number of rotatable bonds is 2. The maximum atomic E-state index is 9.37. The van der Waals surface area contributed by atoms with Crippen LogP contribution in [0.25, 0.3) is 11.0 Å². The van der Waals surface area contributed by atoms with Gasteiger partial charge in [0.25, 0.3) is 0 Å². The fraction of sp³-hybridized carbons (Fsp3) is 0.333. The van der Waals surface area contributed by atoms with Crippen LogP contribution in [0.4, 0.5) is 0 Å². The van der Waals surface area contributed by atoms with Crippen LogP contribution in [0.1, 0.15) is 19.4 Å². The van der Waals surface area contributed by atoms with Crippen molar-refractivity contribution in [1.29, 1.82) is 0 Å². The number of aromatic hydroxyl groups is 1. The first kappa shape index (κ1) is 9.13. The minimum absolute atomic E-state index is 0.295. The van der Waals surface area contributed by atoms with E-state index >= 15 is 0 Å². The highest BCUT2D eigenvalue weighted by molar-refractivity contribution is 5.82. The Kier molecular flexibility index (Phi) is 2.20. The van der Waals surface area contributed by atoms with E-state index in [1.165, 1.54) is 5.56 Å². The molecule has 74 valence electrons. The molecule has 0 saturated heterocycles. The molecule has 0 saturated carbocycles. The molecule has 1 aromatic heterocycles. The van der Waals surface area contributed by atoms with E-state index < -0.39 is 0 Å². The van der Waals surface area contributed by atoms with Gasteiger partial charge in [0, 0.05) is 5.39 Å². The van der Waals surface area contributed by atoms with Gasteiger partial charge in [0.2, 0.25) is 0 Å². The molecule has 1 aromatic carbocycles. The van der Waals surface area contributed by atoms with Crippen LogP contribution >= 0.6 is 0 Å². The summed E-state index contributed by atoms with van der Waals surface area (Å²) < 4.78 is 5.39. The zero-order valence-corrected chi connectivity index (χ0v) is 8.45. The zero-order valence-electron chi connectivity index (χ0n) is 8.45. The zero-order chi connectivity index (χ0) is 10.1.